The number of carbonyl (C=O) groups is 1. The third-order valence-corrected chi connectivity index (χ3v) is 8.65. The number of hydrogen-bond donors (Lipinski definition) is 3. The first-order valence-electron chi connectivity index (χ1n) is 10.9. The third kappa shape index (κ3) is 7.27. The number of amides is 1. The van der Waals surface area contributed by atoms with Crippen LogP contribution in [-0.2, 0) is 15.3 Å². The van der Waals surface area contributed by atoms with Crippen LogP contribution in [0.3, 0.4) is 0 Å². The Morgan fingerprint density at radius 3 is 2.52 bits per heavy atom. The zero-order valence-corrected chi connectivity index (χ0v) is 20.9. The normalized spacial score (nSPS) is 13.5. The van der Waals surface area contributed by atoms with Gasteiger partial charge in [-0.1, -0.05) is 31.2 Å². The van der Waals surface area contributed by atoms with Gasteiger partial charge >= 0.3 is 0 Å². The molecule has 2 aromatic carbocycles. The van der Waals surface area contributed by atoms with Gasteiger partial charge in [0.2, 0.25) is 7.37 Å². The molecule has 8 heteroatoms. The van der Waals surface area contributed by atoms with Crippen molar-refractivity contribution >= 4 is 36.0 Å². The van der Waals surface area contributed by atoms with Gasteiger partial charge in [0.25, 0.3) is 5.91 Å². The number of nitrogens with two attached hydrogens (primary N) is 1. The van der Waals surface area contributed by atoms with Crippen LogP contribution in [0.2, 0.25) is 0 Å². The van der Waals surface area contributed by atoms with Crippen molar-refractivity contribution < 1.29 is 19.0 Å². The first-order chi connectivity index (χ1) is 15.6. The van der Waals surface area contributed by atoms with Crippen LogP contribution in [0.1, 0.15) is 43.1 Å². The van der Waals surface area contributed by atoms with Crippen molar-refractivity contribution in [3.63, 3.8) is 0 Å². The van der Waals surface area contributed by atoms with E-state index in [2.05, 4.69) is 5.32 Å². The van der Waals surface area contributed by atoms with Gasteiger partial charge in [-0.2, -0.15) is 0 Å². The molecule has 3 aromatic rings. The quantitative estimate of drug-likeness (QED) is 0.233. The number of carbonyl (C=O) groups excluding carboxylic acids is 1. The second kappa shape index (κ2) is 10.7. The van der Waals surface area contributed by atoms with Crippen LogP contribution >= 0.6 is 18.7 Å². The van der Waals surface area contributed by atoms with E-state index in [9.17, 15) is 14.5 Å². The second-order valence-electron chi connectivity index (χ2n) is 8.61. The van der Waals surface area contributed by atoms with E-state index in [4.69, 9.17) is 10.3 Å². The Labute approximate surface area is 199 Å². The summed E-state index contributed by atoms with van der Waals surface area (Å²) in [4.78, 5) is 13.9. The van der Waals surface area contributed by atoms with Crippen molar-refractivity contribution in [3.8, 4) is 10.4 Å². The highest BCUT2D eigenvalue weighted by atomic mass is 32.1. The molecule has 0 fully saturated rings. The van der Waals surface area contributed by atoms with E-state index in [-0.39, 0.29) is 18.7 Å². The smallest absolute Gasteiger partial charge is 0.255 e. The predicted molar refractivity (Wildman–Crippen MR) is 137 cm³/mol. The third-order valence-electron chi connectivity index (χ3n) is 5.27. The van der Waals surface area contributed by atoms with E-state index in [0.717, 1.165) is 16.0 Å². The fourth-order valence-corrected chi connectivity index (χ4v) is 5.62. The van der Waals surface area contributed by atoms with Crippen molar-refractivity contribution in [3.05, 3.63) is 71.1 Å². The molecule has 0 aliphatic heterocycles. The Kier molecular flexibility index (Phi) is 8.14. The van der Waals surface area contributed by atoms with Crippen LogP contribution in [0, 0.1) is 0 Å². The lowest BCUT2D eigenvalue weighted by atomic mass is 10.1. The Morgan fingerprint density at radius 2 is 1.91 bits per heavy atom. The van der Waals surface area contributed by atoms with Gasteiger partial charge in [-0.3, -0.25) is 9.36 Å². The molecule has 4 N–H and O–H groups in total. The van der Waals surface area contributed by atoms with Crippen molar-refractivity contribution in [2.24, 2.45) is 0 Å². The molecular formula is C25H31N2O4PS. The molecule has 1 aromatic heterocycles. The molecular weight excluding hydrogens is 455 g/mol. The summed E-state index contributed by atoms with van der Waals surface area (Å²) < 4.78 is 18.7. The standard InChI is InChI=1S/C25H31N2O4PS/c1-4-32(30,31-14-13-25(2,3)29)17-18-7-9-19(10-8-18)24(28)27-22-16-20(11-12-21(22)26)23-6-5-15-33-23/h5-12,15-16,29H,4,13-14,17,26H2,1-3H3,(H,27,28). The van der Waals surface area contributed by atoms with E-state index in [1.165, 1.54) is 0 Å². The number of nitrogens with one attached hydrogen (secondary N) is 1. The van der Waals surface area contributed by atoms with Crippen LogP contribution in [0.25, 0.3) is 10.4 Å². The van der Waals surface area contributed by atoms with Gasteiger partial charge in [0.1, 0.15) is 0 Å². The average Bonchev–Trinajstić information content (AvgIpc) is 3.30. The minimum atomic E-state index is -2.87. The fourth-order valence-electron chi connectivity index (χ4n) is 3.21. The summed E-state index contributed by atoms with van der Waals surface area (Å²) in [6.07, 6.45) is 1.10. The lowest BCUT2D eigenvalue weighted by molar-refractivity contribution is 0.0558. The molecule has 0 aliphatic rings. The van der Waals surface area contributed by atoms with E-state index in [1.54, 1.807) is 55.5 Å². The van der Waals surface area contributed by atoms with Gasteiger partial charge in [-0.25, -0.2) is 0 Å². The molecule has 0 aliphatic carbocycles. The van der Waals surface area contributed by atoms with E-state index < -0.39 is 13.0 Å². The highest BCUT2D eigenvalue weighted by Crippen LogP contribution is 2.50. The monoisotopic (exact) mass is 486 g/mol. The Bertz CT molecular complexity index is 1120. The molecule has 6 nitrogen and oxygen atoms in total. The number of rotatable bonds is 10. The number of anilines is 2. The molecule has 0 spiro atoms. The summed E-state index contributed by atoms with van der Waals surface area (Å²) >= 11 is 1.62. The number of benzene rings is 2. The van der Waals surface area contributed by atoms with Crippen molar-refractivity contribution in [2.45, 2.75) is 39.0 Å². The molecule has 3 rings (SSSR count). The maximum atomic E-state index is 13.1. The van der Waals surface area contributed by atoms with Crippen molar-refractivity contribution in [1.29, 1.82) is 0 Å². The molecule has 1 atom stereocenters. The summed E-state index contributed by atoms with van der Waals surface area (Å²) in [6, 6.07) is 16.6. The van der Waals surface area contributed by atoms with E-state index in [0.29, 0.717) is 29.5 Å². The summed E-state index contributed by atoms with van der Waals surface area (Å²) in [5.41, 5.74) is 8.57. The Morgan fingerprint density at radius 1 is 1.18 bits per heavy atom. The topological polar surface area (TPSA) is 102 Å². The number of nitrogen functional groups attached to an aromatic ring is 1. The van der Waals surface area contributed by atoms with Crippen LogP contribution in [0.15, 0.2) is 60.0 Å². The summed E-state index contributed by atoms with van der Waals surface area (Å²) in [5.74, 6) is -0.267. The van der Waals surface area contributed by atoms with Crippen LogP contribution in [-0.4, -0.2) is 29.4 Å². The number of aliphatic hydroxyl groups is 1. The number of hydrogen-bond acceptors (Lipinski definition) is 6. The molecule has 0 bridgehead atoms. The van der Waals surface area contributed by atoms with Crippen LogP contribution in [0.5, 0.6) is 0 Å². The Balaban J connectivity index is 1.65. The van der Waals surface area contributed by atoms with Gasteiger partial charge in [-0.05, 0) is 67.1 Å². The molecule has 0 saturated carbocycles. The SMILES string of the molecule is CCP(=O)(Cc1ccc(C(=O)Nc2cc(-c3cccs3)ccc2N)cc1)OCCC(C)(C)O. The molecule has 33 heavy (non-hydrogen) atoms. The molecule has 1 unspecified atom stereocenters. The highest BCUT2D eigenvalue weighted by molar-refractivity contribution is 7.58. The minimum absolute atomic E-state index is 0.237. The lowest BCUT2D eigenvalue weighted by Crippen LogP contribution is -2.20. The molecule has 176 valence electrons. The first kappa shape index (κ1) is 25.2. The summed E-state index contributed by atoms with van der Waals surface area (Å²) in [5, 5.41) is 14.7. The largest absolute Gasteiger partial charge is 0.397 e. The molecule has 1 amide bonds. The number of thiophene rings is 1. The summed E-state index contributed by atoms with van der Waals surface area (Å²) in [7, 11) is -2.87. The highest BCUT2D eigenvalue weighted by Gasteiger charge is 2.23. The zero-order chi connectivity index (χ0) is 24.1. The lowest BCUT2D eigenvalue weighted by Gasteiger charge is -2.21. The Hall–Kier alpha value is -2.44. The van der Waals surface area contributed by atoms with E-state index in [1.807, 2.05) is 36.6 Å². The van der Waals surface area contributed by atoms with Gasteiger partial charge < -0.3 is 20.7 Å². The zero-order valence-electron chi connectivity index (χ0n) is 19.2. The predicted octanol–water partition coefficient (Wildman–Crippen LogP) is 6.23. The van der Waals surface area contributed by atoms with Gasteiger partial charge in [-0.15, -0.1) is 11.3 Å². The second-order valence-corrected chi connectivity index (χ2v) is 12.4. The van der Waals surface area contributed by atoms with Crippen LogP contribution < -0.4 is 11.1 Å². The first-order valence-corrected chi connectivity index (χ1v) is 13.7. The maximum absolute atomic E-state index is 13.1. The van der Waals surface area contributed by atoms with Crippen LogP contribution in [0.4, 0.5) is 11.4 Å². The summed E-state index contributed by atoms with van der Waals surface area (Å²) in [6.45, 7) is 5.47. The molecule has 1 heterocycles. The molecule has 0 saturated heterocycles. The molecule has 0 radical (unpaired) electrons. The van der Waals surface area contributed by atoms with Gasteiger partial charge in [0.15, 0.2) is 0 Å². The van der Waals surface area contributed by atoms with Gasteiger partial charge in [0, 0.05) is 22.8 Å². The van der Waals surface area contributed by atoms with E-state index >= 15 is 0 Å². The van der Waals surface area contributed by atoms with Crippen molar-refractivity contribution in [2.75, 3.05) is 23.8 Å². The fraction of sp³-hybridized carbons (Fsp3) is 0.320. The van der Waals surface area contributed by atoms with Gasteiger partial charge in [0.05, 0.1) is 23.6 Å². The minimum Gasteiger partial charge on any atom is -0.397 e. The maximum Gasteiger partial charge on any atom is 0.255 e. The average molecular weight is 487 g/mol. The van der Waals surface area contributed by atoms with Crippen molar-refractivity contribution in [1.82, 2.24) is 0 Å².